The Hall–Kier alpha value is -2.98. The fourth-order valence-corrected chi connectivity index (χ4v) is 3.58. The second-order valence-corrected chi connectivity index (χ2v) is 7.11. The summed E-state index contributed by atoms with van der Waals surface area (Å²) >= 11 is 6.47. The van der Waals surface area contributed by atoms with Gasteiger partial charge in [-0.25, -0.2) is 0 Å². The third-order valence-electron chi connectivity index (χ3n) is 4.77. The third-order valence-corrected chi connectivity index (χ3v) is 5.11. The minimum atomic E-state index is -0.383. The highest BCUT2D eigenvalue weighted by Crippen LogP contribution is 2.39. The normalized spacial score (nSPS) is 15.9. The number of anilines is 3. The Bertz CT molecular complexity index is 985. The summed E-state index contributed by atoms with van der Waals surface area (Å²) in [6, 6.07) is 23.1. The van der Waals surface area contributed by atoms with Crippen LogP contribution in [0.25, 0.3) is 0 Å². The molecule has 0 saturated carbocycles. The van der Waals surface area contributed by atoms with Gasteiger partial charge in [-0.15, -0.1) is 0 Å². The molecule has 1 aliphatic rings. The summed E-state index contributed by atoms with van der Waals surface area (Å²) in [6.45, 7) is 0. The van der Waals surface area contributed by atoms with Crippen molar-refractivity contribution < 1.29 is 4.79 Å². The first kappa shape index (κ1) is 17.4. The van der Waals surface area contributed by atoms with Gasteiger partial charge in [0.2, 0.25) is 0 Å². The van der Waals surface area contributed by atoms with E-state index in [0.717, 1.165) is 22.6 Å². The van der Waals surface area contributed by atoms with Crippen molar-refractivity contribution in [2.45, 2.75) is 6.17 Å². The molecular formula is C22H20ClN3O. The lowest BCUT2D eigenvalue weighted by atomic mass is 10.0. The van der Waals surface area contributed by atoms with E-state index in [9.17, 15) is 4.79 Å². The molecule has 4 rings (SSSR count). The van der Waals surface area contributed by atoms with Crippen molar-refractivity contribution in [3.8, 4) is 0 Å². The molecule has 0 fully saturated rings. The zero-order valence-corrected chi connectivity index (χ0v) is 15.9. The van der Waals surface area contributed by atoms with Gasteiger partial charge in [0.15, 0.2) is 0 Å². The van der Waals surface area contributed by atoms with E-state index in [2.05, 4.69) is 5.32 Å². The van der Waals surface area contributed by atoms with Crippen LogP contribution in [0.2, 0.25) is 5.02 Å². The van der Waals surface area contributed by atoms with Crippen LogP contribution in [0.1, 0.15) is 22.1 Å². The molecule has 5 heteroatoms. The highest BCUT2D eigenvalue weighted by molar-refractivity contribution is 6.31. The van der Waals surface area contributed by atoms with Crippen LogP contribution in [0.15, 0.2) is 72.8 Å². The van der Waals surface area contributed by atoms with Crippen molar-refractivity contribution in [3.63, 3.8) is 0 Å². The Morgan fingerprint density at radius 2 is 1.59 bits per heavy atom. The minimum absolute atomic E-state index is 0.0492. The summed E-state index contributed by atoms with van der Waals surface area (Å²) in [5.41, 5.74) is 4.22. The highest BCUT2D eigenvalue weighted by Gasteiger charge is 2.34. The second-order valence-electron chi connectivity index (χ2n) is 6.70. The summed E-state index contributed by atoms with van der Waals surface area (Å²) in [5.74, 6) is -0.0492. The molecule has 3 aromatic carbocycles. The van der Waals surface area contributed by atoms with Gasteiger partial charge in [0.1, 0.15) is 6.17 Å². The number of hydrogen-bond acceptors (Lipinski definition) is 3. The van der Waals surface area contributed by atoms with E-state index in [4.69, 9.17) is 11.6 Å². The standard InChI is InChI=1S/C22H20ClN3O/c1-25(2)15-11-13-16(14-12-15)26-21(17-7-3-5-9-19(17)23)24-20-10-6-4-8-18(20)22(26)27/h3-14,21,24H,1-2H3/t21-/m1/s1. The van der Waals surface area contributed by atoms with Gasteiger partial charge in [0.25, 0.3) is 5.91 Å². The molecule has 1 N–H and O–H groups in total. The monoisotopic (exact) mass is 377 g/mol. The SMILES string of the molecule is CN(C)c1ccc(N2C(=O)c3ccccc3N[C@H]2c2ccccc2Cl)cc1. The number of nitrogens with one attached hydrogen (secondary N) is 1. The van der Waals surface area contributed by atoms with Crippen LogP contribution >= 0.6 is 11.6 Å². The van der Waals surface area contributed by atoms with Gasteiger partial charge in [-0.3, -0.25) is 9.69 Å². The Labute approximate surface area is 164 Å². The first-order valence-electron chi connectivity index (χ1n) is 8.77. The number of para-hydroxylation sites is 1. The van der Waals surface area contributed by atoms with Crippen molar-refractivity contribution >= 4 is 34.6 Å². The first-order chi connectivity index (χ1) is 13.1. The van der Waals surface area contributed by atoms with Crippen molar-refractivity contribution in [2.75, 3.05) is 29.2 Å². The number of benzene rings is 3. The summed E-state index contributed by atoms with van der Waals surface area (Å²) in [5, 5.41) is 4.10. The zero-order valence-electron chi connectivity index (χ0n) is 15.2. The number of fused-ring (bicyclic) bond motifs is 1. The number of hydrogen-bond donors (Lipinski definition) is 1. The minimum Gasteiger partial charge on any atom is -0.378 e. The van der Waals surface area contributed by atoms with Gasteiger partial charge in [-0.05, 0) is 42.5 Å². The Balaban J connectivity index is 1.84. The number of amides is 1. The predicted octanol–water partition coefficient (Wildman–Crippen LogP) is 5.18. The second kappa shape index (κ2) is 6.97. The molecule has 3 aromatic rings. The van der Waals surface area contributed by atoms with Gasteiger partial charge >= 0.3 is 0 Å². The maximum Gasteiger partial charge on any atom is 0.262 e. The number of carbonyl (C=O) groups excluding carboxylic acids is 1. The van der Waals surface area contributed by atoms with Gasteiger partial charge in [0, 0.05) is 41.7 Å². The van der Waals surface area contributed by atoms with Crippen LogP contribution in [0.3, 0.4) is 0 Å². The highest BCUT2D eigenvalue weighted by atomic mass is 35.5. The topological polar surface area (TPSA) is 35.6 Å². The van der Waals surface area contributed by atoms with E-state index in [-0.39, 0.29) is 12.1 Å². The molecule has 0 bridgehead atoms. The average Bonchev–Trinajstić information content (AvgIpc) is 2.68. The molecule has 4 nitrogen and oxygen atoms in total. The van der Waals surface area contributed by atoms with E-state index in [1.54, 1.807) is 4.90 Å². The van der Waals surface area contributed by atoms with E-state index in [0.29, 0.717) is 10.6 Å². The Morgan fingerprint density at radius 3 is 2.30 bits per heavy atom. The maximum atomic E-state index is 13.4. The largest absolute Gasteiger partial charge is 0.378 e. The fraction of sp³-hybridized carbons (Fsp3) is 0.136. The summed E-state index contributed by atoms with van der Waals surface area (Å²) in [6.07, 6.45) is -0.383. The van der Waals surface area contributed by atoms with Gasteiger partial charge in [0.05, 0.1) is 5.56 Å². The zero-order chi connectivity index (χ0) is 19.0. The number of halogens is 1. The molecule has 136 valence electrons. The van der Waals surface area contributed by atoms with Crippen LogP contribution in [-0.4, -0.2) is 20.0 Å². The first-order valence-corrected chi connectivity index (χ1v) is 9.15. The van der Waals surface area contributed by atoms with E-state index >= 15 is 0 Å². The fourth-order valence-electron chi connectivity index (χ4n) is 3.35. The van der Waals surface area contributed by atoms with Gasteiger partial charge < -0.3 is 10.2 Å². The summed E-state index contributed by atoms with van der Waals surface area (Å²) in [4.78, 5) is 17.2. The molecule has 1 heterocycles. The van der Waals surface area contributed by atoms with E-state index in [1.165, 1.54) is 0 Å². The Morgan fingerprint density at radius 1 is 0.926 bits per heavy atom. The number of carbonyl (C=O) groups is 1. The van der Waals surface area contributed by atoms with Crippen molar-refractivity contribution in [2.24, 2.45) is 0 Å². The van der Waals surface area contributed by atoms with Gasteiger partial charge in [-0.2, -0.15) is 0 Å². The molecule has 0 saturated heterocycles. The van der Waals surface area contributed by atoms with E-state index in [1.807, 2.05) is 91.8 Å². The predicted molar refractivity (Wildman–Crippen MR) is 112 cm³/mol. The smallest absolute Gasteiger partial charge is 0.262 e. The molecule has 0 spiro atoms. The molecule has 1 atom stereocenters. The van der Waals surface area contributed by atoms with Crippen LogP contribution in [-0.2, 0) is 0 Å². The van der Waals surface area contributed by atoms with Crippen molar-refractivity contribution in [1.82, 2.24) is 0 Å². The van der Waals surface area contributed by atoms with Crippen molar-refractivity contribution in [1.29, 1.82) is 0 Å². The molecule has 1 aliphatic heterocycles. The molecule has 1 amide bonds. The molecule has 0 aliphatic carbocycles. The summed E-state index contributed by atoms with van der Waals surface area (Å²) < 4.78 is 0. The maximum absolute atomic E-state index is 13.4. The Kier molecular flexibility index (Phi) is 4.50. The van der Waals surface area contributed by atoms with Gasteiger partial charge in [-0.1, -0.05) is 41.9 Å². The van der Waals surface area contributed by atoms with Crippen LogP contribution in [0.4, 0.5) is 17.1 Å². The van der Waals surface area contributed by atoms with E-state index < -0.39 is 0 Å². The molecule has 0 unspecified atom stereocenters. The molecular weight excluding hydrogens is 358 g/mol. The summed E-state index contributed by atoms with van der Waals surface area (Å²) in [7, 11) is 3.98. The number of nitrogens with zero attached hydrogens (tertiary/aromatic N) is 2. The molecule has 0 radical (unpaired) electrons. The third kappa shape index (κ3) is 3.13. The quantitative estimate of drug-likeness (QED) is 0.683. The average molecular weight is 378 g/mol. The lowest BCUT2D eigenvalue weighted by Crippen LogP contribution is -2.43. The lowest BCUT2D eigenvalue weighted by Gasteiger charge is -2.38. The van der Waals surface area contributed by atoms with Crippen LogP contribution < -0.4 is 15.1 Å². The number of rotatable bonds is 3. The van der Waals surface area contributed by atoms with Crippen LogP contribution in [0, 0.1) is 0 Å². The lowest BCUT2D eigenvalue weighted by molar-refractivity contribution is 0.0975. The van der Waals surface area contributed by atoms with Crippen molar-refractivity contribution in [3.05, 3.63) is 88.9 Å². The molecule has 0 aromatic heterocycles. The van der Waals surface area contributed by atoms with Crippen LogP contribution in [0.5, 0.6) is 0 Å². The molecule has 27 heavy (non-hydrogen) atoms.